The van der Waals surface area contributed by atoms with Gasteiger partial charge in [0.2, 0.25) is 0 Å². The van der Waals surface area contributed by atoms with Gasteiger partial charge in [-0.25, -0.2) is 0 Å². The molecule has 0 bridgehead atoms. The number of rotatable bonds is 1. The van der Waals surface area contributed by atoms with Crippen molar-refractivity contribution in [3.63, 3.8) is 0 Å². The van der Waals surface area contributed by atoms with Crippen molar-refractivity contribution in [1.82, 2.24) is 4.67 Å². The molecule has 0 saturated heterocycles. The predicted molar refractivity (Wildman–Crippen MR) is 33.1 cm³/mol. The summed E-state index contributed by atoms with van der Waals surface area (Å²) in [5, 5.41) is 0. The first kappa shape index (κ1) is 14.2. The van der Waals surface area contributed by atoms with E-state index in [9.17, 15) is 38.9 Å². The van der Waals surface area contributed by atoms with Crippen LogP contribution in [0, 0.1) is 0 Å². The maximum atomic E-state index is 11.9. The van der Waals surface area contributed by atoms with Crippen molar-refractivity contribution >= 4 is 21.9 Å². The Morgan fingerprint density at radius 1 is 0.786 bits per heavy atom. The van der Waals surface area contributed by atoms with Gasteiger partial charge in [0.15, 0.2) is 0 Å². The first-order chi connectivity index (χ1) is 5.62. The Hall–Kier alpha value is 0.240. The molecular weight excluding hydrogens is 320 g/mol. The molecule has 14 heavy (non-hydrogen) atoms. The minimum absolute atomic E-state index is 0.537. The van der Waals surface area contributed by atoms with E-state index in [2.05, 4.69) is 0 Å². The Bertz CT molecular complexity index is 198. The Kier molecular flexibility index (Phi) is 3.17. The Morgan fingerprint density at radius 2 is 1.00 bits per heavy atom. The fraction of sp³-hybridized carbons (Fsp3) is 1.00. The number of hydrogen-bond acceptors (Lipinski definition) is 1. The van der Waals surface area contributed by atoms with E-state index < -0.39 is 23.7 Å². The summed E-state index contributed by atoms with van der Waals surface area (Å²) in [6, 6.07) is 0. The zero-order valence-corrected chi connectivity index (χ0v) is 8.15. The van der Waals surface area contributed by atoms with Crippen LogP contribution in [-0.2, 0) is 0 Å². The van der Waals surface area contributed by atoms with E-state index in [0.29, 0.717) is 15.5 Å². The summed E-state index contributed by atoms with van der Waals surface area (Å²) in [7, 11) is 0. The second kappa shape index (κ2) is 3.11. The molecule has 88 valence electrons. The molecule has 0 aliphatic carbocycles. The van der Waals surface area contributed by atoms with Gasteiger partial charge < -0.3 is 0 Å². The zero-order chi connectivity index (χ0) is 12.0. The molecule has 0 radical (unpaired) electrons. The Labute approximate surface area is 78.9 Å². The molecule has 0 aromatic carbocycles. The van der Waals surface area contributed by atoms with Gasteiger partial charge in [-0.15, -0.1) is 0 Å². The number of halogens is 10. The van der Waals surface area contributed by atoms with Gasteiger partial charge in [-0.2, -0.15) is 0 Å². The summed E-state index contributed by atoms with van der Waals surface area (Å²) in [5.74, 6) is 0. The van der Waals surface area contributed by atoms with Crippen molar-refractivity contribution < 1.29 is 38.9 Å². The molecule has 0 amide bonds. The second-order valence-electron chi connectivity index (χ2n) is 1.93. The van der Waals surface area contributed by atoms with Crippen LogP contribution in [0.4, 0.5) is 38.9 Å². The number of nitrogens with zero attached hydrogens (tertiary/aromatic N) is 1. The third-order valence-electron chi connectivity index (χ3n) is 0.783. The molecule has 0 spiro atoms. The van der Waals surface area contributed by atoms with Crippen molar-refractivity contribution in [3.05, 3.63) is 0 Å². The molecule has 0 saturated carbocycles. The van der Waals surface area contributed by atoms with Crippen LogP contribution in [-0.4, -0.2) is 17.3 Å². The van der Waals surface area contributed by atoms with Gasteiger partial charge in [0.25, 0.3) is 0 Å². The van der Waals surface area contributed by atoms with Crippen LogP contribution in [0.15, 0.2) is 0 Å². The van der Waals surface area contributed by atoms with E-state index in [-0.39, 0.29) is 0 Å². The van der Waals surface area contributed by atoms with Crippen LogP contribution >= 0.6 is 21.9 Å². The molecule has 0 aromatic rings. The molecule has 0 heterocycles. The van der Waals surface area contributed by atoms with E-state index in [4.69, 9.17) is 0 Å². The normalized spacial score (nSPS) is 18.1. The third-order valence-corrected chi connectivity index (χ3v) is 2.79. The van der Waals surface area contributed by atoms with Crippen molar-refractivity contribution in [2.45, 2.75) is 12.6 Å². The third kappa shape index (κ3) is 3.77. The van der Waals surface area contributed by atoms with Gasteiger partial charge >= 0.3 is 78.1 Å². The number of alkyl halides is 6. The van der Waals surface area contributed by atoms with Gasteiger partial charge in [0.05, 0.1) is 0 Å². The molecular formula is C2BrF9NP. The van der Waals surface area contributed by atoms with Gasteiger partial charge in [-0.3, -0.25) is 0 Å². The molecule has 1 nitrogen and oxygen atoms in total. The second-order valence-corrected chi connectivity index (χ2v) is 7.07. The van der Waals surface area contributed by atoms with E-state index in [1.54, 1.807) is 0 Å². The zero-order valence-electron chi connectivity index (χ0n) is 5.67. The van der Waals surface area contributed by atoms with Crippen molar-refractivity contribution in [2.75, 3.05) is 0 Å². The monoisotopic (exact) mass is 319 g/mol. The quantitative estimate of drug-likeness (QED) is 0.382. The van der Waals surface area contributed by atoms with Crippen LogP contribution in [0.3, 0.4) is 0 Å². The van der Waals surface area contributed by atoms with E-state index >= 15 is 0 Å². The molecule has 0 fully saturated rings. The molecule has 0 N–H and O–H groups in total. The number of hydrogen-bond donors (Lipinski definition) is 0. The van der Waals surface area contributed by atoms with Gasteiger partial charge in [-0.05, 0) is 0 Å². The van der Waals surface area contributed by atoms with E-state index in [1.807, 2.05) is 0 Å². The Morgan fingerprint density at radius 3 is 1.00 bits per heavy atom. The minimum atomic E-state index is -8.63. The first-order valence-electron chi connectivity index (χ1n) is 2.46. The summed E-state index contributed by atoms with van der Waals surface area (Å²) in [5.41, 5.74) is 0. The summed E-state index contributed by atoms with van der Waals surface area (Å²) in [6.07, 6.45) is -21.7. The topological polar surface area (TPSA) is 3.24 Å². The summed E-state index contributed by atoms with van der Waals surface area (Å²) in [6.45, 7) is 0. The molecule has 0 aliphatic rings. The summed E-state index contributed by atoms with van der Waals surface area (Å²) < 4.78 is 101. The predicted octanol–water partition coefficient (Wildman–Crippen LogP) is 4.76. The standard InChI is InChI=1S/C2BrF9NP/c3-14(10,11,12)13(1(4,5)6)2(7,8)9. The van der Waals surface area contributed by atoms with Crippen molar-refractivity contribution in [1.29, 1.82) is 0 Å². The van der Waals surface area contributed by atoms with Gasteiger partial charge in [-0.1, -0.05) is 0 Å². The van der Waals surface area contributed by atoms with Gasteiger partial charge in [0.1, 0.15) is 0 Å². The molecule has 0 atom stereocenters. The summed E-state index contributed by atoms with van der Waals surface area (Å²) >= 11 is 0.537. The van der Waals surface area contributed by atoms with E-state index in [0.717, 1.165) is 0 Å². The van der Waals surface area contributed by atoms with Crippen LogP contribution in [0.5, 0.6) is 0 Å². The maximum absolute atomic E-state index is 11.9. The van der Waals surface area contributed by atoms with Crippen molar-refractivity contribution in [2.24, 2.45) is 0 Å². The van der Waals surface area contributed by atoms with Crippen LogP contribution in [0.2, 0.25) is 0 Å². The SMILES string of the molecule is FC(F)(F)N(C(F)(F)F)P(F)(F)(F)Br. The fourth-order valence-electron chi connectivity index (χ4n) is 0.487. The van der Waals surface area contributed by atoms with Crippen molar-refractivity contribution in [3.8, 4) is 0 Å². The molecule has 12 heteroatoms. The molecule has 0 rings (SSSR count). The van der Waals surface area contributed by atoms with E-state index in [1.165, 1.54) is 0 Å². The Balaban J connectivity index is 5.39. The summed E-state index contributed by atoms with van der Waals surface area (Å²) in [4.78, 5) is 0. The van der Waals surface area contributed by atoms with Crippen LogP contribution < -0.4 is 0 Å². The van der Waals surface area contributed by atoms with Gasteiger partial charge in [0, 0.05) is 0 Å². The molecule has 0 unspecified atom stereocenters. The molecule has 0 aromatic heterocycles. The average Bonchev–Trinajstić information content (AvgIpc) is 1.40. The van der Waals surface area contributed by atoms with Crippen LogP contribution in [0.25, 0.3) is 0 Å². The average molecular weight is 320 g/mol. The fourth-order valence-corrected chi connectivity index (χ4v) is 2.25. The first-order valence-corrected chi connectivity index (χ1v) is 6.34. The van der Waals surface area contributed by atoms with Crippen LogP contribution in [0.1, 0.15) is 0 Å². The molecule has 0 aliphatic heterocycles.